The fraction of sp³-hybridized carbons (Fsp3) is 0.381. The Hall–Kier alpha value is -1.52. The van der Waals surface area contributed by atoms with Crippen LogP contribution in [0.2, 0.25) is 5.02 Å². The van der Waals surface area contributed by atoms with Crippen LogP contribution in [-0.2, 0) is 11.2 Å². The van der Waals surface area contributed by atoms with Crippen molar-refractivity contribution in [3.05, 3.63) is 62.6 Å². The number of anilines is 1. The van der Waals surface area contributed by atoms with Crippen molar-refractivity contribution >= 4 is 39.3 Å². The van der Waals surface area contributed by atoms with Gasteiger partial charge in [-0.25, -0.2) is 4.79 Å². The van der Waals surface area contributed by atoms with Gasteiger partial charge in [0.25, 0.3) is 0 Å². The van der Waals surface area contributed by atoms with Crippen LogP contribution in [-0.4, -0.2) is 11.7 Å². The molecule has 1 heterocycles. The second-order valence-corrected chi connectivity index (χ2v) is 8.92. The number of amides is 1. The Morgan fingerprint density at radius 2 is 1.96 bits per heavy atom. The Morgan fingerprint density at radius 3 is 2.62 bits per heavy atom. The van der Waals surface area contributed by atoms with Gasteiger partial charge in [-0.05, 0) is 69.4 Å². The van der Waals surface area contributed by atoms with Crippen molar-refractivity contribution in [1.29, 1.82) is 0 Å². The number of carbonyl (C=O) groups is 1. The van der Waals surface area contributed by atoms with Gasteiger partial charge in [-0.3, -0.25) is 4.90 Å². The molecule has 1 atom stereocenters. The van der Waals surface area contributed by atoms with E-state index in [1.54, 1.807) is 4.90 Å². The number of rotatable bonds is 1. The van der Waals surface area contributed by atoms with Gasteiger partial charge in [0.2, 0.25) is 0 Å². The van der Waals surface area contributed by atoms with Crippen molar-refractivity contribution in [2.75, 3.05) is 4.90 Å². The zero-order chi connectivity index (χ0) is 19.1. The van der Waals surface area contributed by atoms with Crippen LogP contribution in [0.5, 0.6) is 0 Å². The molecule has 138 valence electrons. The van der Waals surface area contributed by atoms with Crippen LogP contribution in [0.4, 0.5) is 10.5 Å². The van der Waals surface area contributed by atoms with E-state index in [1.807, 2.05) is 51.1 Å². The standard InChI is InChI=1S/C21H23BrClNO2/c1-13-11-14-9-10-18(15-7-5-6-8-17(15)23)24(19(14)12-16(13)22)20(25)26-21(2,3)4/h5-8,11-12,18H,9-10H2,1-4H3. The molecule has 1 aliphatic rings. The molecule has 1 aliphatic heterocycles. The largest absolute Gasteiger partial charge is 0.443 e. The van der Waals surface area contributed by atoms with Gasteiger partial charge < -0.3 is 4.74 Å². The average Bonchev–Trinajstić information content (AvgIpc) is 2.54. The summed E-state index contributed by atoms with van der Waals surface area (Å²) in [6.07, 6.45) is 1.34. The lowest BCUT2D eigenvalue weighted by molar-refractivity contribution is 0.0560. The summed E-state index contributed by atoms with van der Waals surface area (Å²) in [5.41, 5.74) is 3.57. The van der Waals surface area contributed by atoms with Gasteiger partial charge in [0.05, 0.1) is 11.7 Å². The highest BCUT2D eigenvalue weighted by atomic mass is 79.9. The van der Waals surface area contributed by atoms with Crippen LogP contribution in [0, 0.1) is 6.92 Å². The van der Waals surface area contributed by atoms with Crippen LogP contribution in [0.3, 0.4) is 0 Å². The van der Waals surface area contributed by atoms with E-state index < -0.39 is 5.60 Å². The lowest BCUT2D eigenvalue weighted by Gasteiger charge is -2.39. The summed E-state index contributed by atoms with van der Waals surface area (Å²) in [6.45, 7) is 7.70. The average molecular weight is 437 g/mol. The van der Waals surface area contributed by atoms with Crippen molar-refractivity contribution < 1.29 is 9.53 Å². The monoisotopic (exact) mass is 435 g/mol. The number of aryl methyl sites for hydroxylation is 2. The zero-order valence-electron chi connectivity index (χ0n) is 15.5. The second-order valence-electron chi connectivity index (χ2n) is 7.66. The van der Waals surface area contributed by atoms with E-state index in [0.717, 1.165) is 39.7 Å². The molecule has 0 saturated heterocycles. The molecule has 0 fully saturated rings. The molecule has 0 aromatic heterocycles. The first-order chi connectivity index (χ1) is 12.2. The van der Waals surface area contributed by atoms with E-state index >= 15 is 0 Å². The van der Waals surface area contributed by atoms with Gasteiger partial charge in [-0.2, -0.15) is 0 Å². The minimum atomic E-state index is -0.568. The molecule has 0 spiro atoms. The molecule has 1 unspecified atom stereocenters. The highest BCUT2D eigenvalue weighted by Gasteiger charge is 2.36. The van der Waals surface area contributed by atoms with Gasteiger partial charge >= 0.3 is 6.09 Å². The smallest absolute Gasteiger partial charge is 0.415 e. The molecular weight excluding hydrogens is 414 g/mol. The summed E-state index contributed by atoms with van der Waals surface area (Å²) >= 11 is 10.1. The van der Waals surface area contributed by atoms with E-state index in [-0.39, 0.29) is 12.1 Å². The molecule has 2 aromatic rings. The van der Waals surface area contributed by atoms with E-state index in [2.05, 4.69) is 28.9 Å². The van der Waals surface area contributed by atoms with Crippen molar-refractivity contribution in [2.24, 2.45) is 0 Å². The number of carbonyl (C=O) groups excluding carboxylic acids is 1. The number of benzene rings is 2. The Balaban J connectivity index is 2.11. The molecule has 0 radical (unpaired) electrons. The summed E-state index contributed by atoms with van der Waals surface area (Å²) in [6, 6.07) is 11.7. The first kappa shape index (κ1) is 19.2. The normalized spacial score (nSPS) is 17.0. The molecule has 3 nitrogen and oxygen atoms in total. The molecule has 26 heavy (non-hydrogen) atoms. The number of halogens is 2. The lowest BCUT2D eigenvalue weighted by Crippen LogP contribution is -2.42. The maximum Gasteiger partial charge on any atom is 0.415 e. The Labute approximate surface area is 168 Å². The molecule has 3 rings (SSSR count). The predicted molar refractivity (Wildman–Crippen MR) is 110 cm³/mol. The Bertz CT molecular complexity index is 844. The van der Waals surface area contributed by atoms with Crippen molar-refractivity contribution in [1.82, 2.24) is 0 Å². The number of hydrogen-bond acceptors (Lipinski definition) is 2. The van der Waals surface area contributed by atoms with Gasteiger partial charge in [0.1, 0.15) is 5.60 Å². The first-order valence-corrected chi connectivity index (χ1v) is 9.90. The minimum Gasteiger partial charge on any atom is -0.443 e. The van der Waals surface area contributed by atoms with Crippen LogP contribution in [0.25, 0.3) is 0 Å². The van der Waals surface area contributed by atoms with Crippen LogP contribution in [0.1, 0.15) is 49.9 Å². The Morgan fingerprint density at radius 1 is 1.27 bits per heavy atom. The van der Waals surface area contributed by atoms with Gasteiger partial charge in [0.15, 0.2) is 0 Å². The van der Waals surface area contributed by atoms with E-state index in [4.69, 9.17) is 16.3 Å². The third kappa shape index (κ3) is 3.91. The topological polar surface area (TPSA) is 29.5 Å². The zero-order valence-corrected chi connectivity index (χ0v) is 17.8. The van der Waals surface area contributed by atoms with Crippen molar-refractivity contribution in [2.45, 2.75) is 52.2 Å². The summed E-state index contributed by atoms with van der Waals surface area (Å²) in [4.78, 5) is 14.9. The fourth-order valence-corrected chi connectivity index (χ4v) is 3.91. The van der Waals surface area contributed by atoms with Crippen LogP contribution < -0.4 is 4.90 Å². The third-order valence-corrected chi connectivity index (χ3v) is 5.67. The molecular formula is C21H23BrClNO2. The van der Waals surface area contributed by atoms with Crippen molar-refractivity contribution in [3.63, 3.8) is 0 Å². The molecule has 2 aromatic carbocycles. The van der Waals surface area contributed by atoms with Gasteiger partial charge in [-0.1, -0.05) is 51.8 Å². The molecule has 0 N–H and O–H groups in total. The summed E-state index contributed by atoms with van der Waals surface area (Å²) in [5, 5.41) is 0.667. The highest BCUT2D eigenvalue weighted by molar-refractivity contribution is 9.10. The maximum atomic E-state index is 13.1. The quantitative estimate of drug-likeness (QED) is 0.490. The molecule has 0 bridgehead atoms. The molecule has 0 saturated carbocycles. The van der Waals surface area contributed by atoms with E-state index in [1.165, 1.54) is 0 Å². The first-order valence-electron chi connectivity index (χ1n) is 8.73. The van der Waals surface area contributed by atoms with E-state index in [0.29, 0.717) is 5.02 Å². The second kappa shape index (κ2) is 7.24. The number of nitrogens with zero attached hydrogens (tertiary/aromatic N) is 1. The third-order valence-electron chi connectivity index (χ3n) is 4.47. The molecule has 0 aliphatic carbocycles. The van der Waals surface area contributed by atoms with E-state index in [9.17, 15) is 4.79 Å². The molecule has 1 amide bonds. The maximum absolute atomic E-state index is 13.1. The number of hydrogen-bond donors (Lipinski definition) is 0. The molecule has 5 heteroatoms. The van der Waals surface area contributed by atoms with Crippen LogP contribution in [0.15, 0.2) is 40.9 Å². The van der Waals surface area contributed by atoms with Crippen LogP contribution >= 0.6 is 27.5 Å². The minimum absolute atomic E-state index is 0.152. The Kier molecular flexibility index (Phi) is 5.36. The fourth-order valence-electron chi connectivity index (χ4n) is 3.32. The van der Waals surface area contributed by atoms with Gasteiger partial charge in [0, 0.05) is 9.50 Å². The highest BCUT2D eigenvalue weighted by Crippen LogP contribution is 2.43. The SMILES string of the molecule is Cc1cc2c(cc1Br)N(C(=O)OC(C)(C)C)C(c1ccccc1Cl)CC2. The predicted octanol–water partition coefficient (Wildman–Crippen LogP) is 6.84. The summed E-state index contributed by atoms with van der Waals surface area (Å²) in [7, 11) is 0. The van der Waals surface area contributed by atoms with Gasteiger partial charge in [-0.15, -0.1) is 0 Å². The number of ether oxygens (including phenoxy) is 1. The lowest BCUT2D eigenvalue weighted by atomic mass is 9.90. The number of fused-ring (bicyclic) bond motifs is 1. The summed E-state index contributed by atoms with van der Waals surface area (Å²) in [5.74, 6) is 0. The van der Waals surface area contributed by atoms with Crippen molar-refractivity contribution in [3.8, 4) is 0 Å². The summed E-state index contributed by atoms with van der Waals surface area (Å²) < 4.78 is 6.70.